The number of hydrogen-bond donors (Lipinski definition) is 0. The van der Waals surface area contributed by atoms with Gasteiger partial charge in [-0.2, -0.15) is 0 Å². The van der Waals surface area contributed by atoms with E-state index in [2.05, 4.69) is 24.3 Å². The van der Waals surface area contributed by atoms with Crippen LogP contribution in [0.5, 0.6) is 0 Å². The molecule has 1 saturated heterocycles. The number of aryl methyl sites for hydroxylation is 1. The second-order valence-corrected chi connectivity index (χ2v) is 5.22. The molecule has 0 N–H and O–H groups in total. The minimum absolute atomic E-state index is 0.00632. The van der Waals surface area contributed by atoms with Crippen molar-refractivity contribution in [2.24, 2.45) is 0 Å². The van der Waals surface area contributed by atoms with Crippen molar-refractivity contribution in [2.45, 2.75) is 26.3 Å². The van der Waals surface area contributed by atoms with Gasteiger partial charge in [-0.05, 0) is 19.4 Å². The molecule has 19 heavy (non-hydrogen) atoms. The highest BCUT2D eigenvalue weighted by molar-refractivity contribution is 5.79. The molecule has 102 valence electrons. The van der Waals surface area contributed by atoms with E-state index in [-0.39, 0.29) is 17.9 Å². The molecule has 1 atom stereocenters. The zero-order valence-electron chi connectivity index (χ0n) is 11.7. The van der Waals surface area contributed by atoms with E-state index < -0.39 is 0 Å². The third-order valence-electron chi connectivity index (χ3n) is 3.63. The second-order valence-electron chi connectivity index (χ2n) is 5.22. The van der Waals surface area contributed by atoms with Crippen LogP contribution in [0.4, 0.5) is 4.79 Å². The smallest absolute Gasteiger partial charge is 0.320 e. The molecule has 0 aromatic heterocycles. The maximum atomic E-state index is 12.1. The zero-order chi connectivity index (χ0) is 14.0. The fourth-order valence-corrected chi connectivity index (χ4v) is 2.36. The Balaban J connectivity index is 2.09. The van der Waals surface area contributed by atoms with E-state index in [1.165, 1.54) is 5.56 Å². The summed E-state index contributed by atoms with van der Waals surface area (Å²) in [6.45, 7) is 4.78. The fourth-order valence-electron chi connectivity index (χ4n) is 2.36. The first-order valence-corrected chi connectivity index (χ1v) is 6.57. The third kappa shape index (κ3) is 2.95. The number of urea groups is 1. The third-order valence-corrected chi connectivity index (χ3v) is 3.63. The highest BCUT2D eigenvalue weighted by Crippen LogP contribution is 2.28. The maximum absolute atomic E-state index is 12.1. The fraction of sp³-hybridized carbons (Fsp3) is 0.467. The van der Waals surface area contributed by atoms with Crippen molar-refractivity contribution in [2.75, 3.05) is 20.1 Å². The summed E-state index contributed by atoms with van der Waals surface area (Å²) in [5.41, 5.74) is 2.36. The lowest BCUT2D eigenvalue weighted by Crippen LogP contribution is -2.31. The molecule has 2 rings (SSSR count). The molecule has 4 nitrogen and oxygen atoms in total. The number of nitrogens with zero attached hydrogens (tertiary/aromatic N) is 2. The molecule has 1 fully saturated rings. The Morgan fingerprint density at radius 1 is 1.32 bits per heavy atom. The van der Waals surface area contributed by atoms with Gasteiger partial charge in [-0.3, -0.25) is 4.79 Å². The predicted molar refractivity (Wildman–Crippen MR) is 74.0 cm³/mol. The summed E-state index contributed by atoms with van der Waals surface area (Å²) in [4.78, 5) is 26.6. The molecule has 1 heterocycles. The Morgan fingerprint density at radius 2 is 1.95 bits per heavy atom. The van der Waals surface area contributed by atoms with Gasteiger partial charge in [0.25, 0.3) is 0 Å². The lowest BCUT2D eigenvalue weighted by molar-refractivity contribution is -0.117. The van der Waals surface area contributed by atoms with Crippen molar-refractivity contribution in [3.05, 3.63) is 35.4 Å². The highest BCUT2D eigenvalue weighted by Gasteiger charge is 2.35. The molecule has 1 aromatic carbocycles. The molecule has 4 heteroatoms. The van der Waals surface area contributed by atoms with Crippen LogP contribution in [-0.2, 0) is 4.79 Å². The van der Waals surface area contributed by atoms with Crippen LogP contribution in [0.1, 0.15) is 30.5 Å². The molecule has 2 amide bonds. The molecule has 0 saturated carbocycles. The van der Waals surface area contributed by atoms with Gasteiger partial charge in [-0.15, -0.1) is 0 Å². The normalized spacial score (nSPS) is 19.1. The Morgan fingerprint density at radius 3 is 2.53 bits per heavy atom. The average Bonchev–Trinajstić information content (AvgIpc) is 2.65. The van der Waals surface area contributed by atoms with Gasteiger partial charge in [0.05, 0.1) is 6.04 Å². The Bertz CT molecular complexity index is 481. The largest absolute Gasteiger partial charge is 0.322 e. The predicted octanol–water partition coefficient (Wildman–Crippen LogP) is 2.38. The van der Waals surface area contributed by atoms with E-state index in [0.29, 0.717) is 19.5 Å². The SMILES string of the molecule is CC(=O)CCN1CC(c2ccc(C)cc2)N(C)C1=O. The summed E-state index contributed by atoms with van der Waals surface area (Å²) < 4.78 is 0. The van der Waals surface area contributed by atoms with Crippen LogP contribution in [-0.4, -0.2) is 41.8 Å². The first-order chi connectivity index (χ1) is 8.99. The molecule has 1 aromatic rings. The standard InChI is InChI=1S/C15H20N2O2/c1-11-4-6-13(7-5-11)14-10-17(9-8-12(2)18)15(19)16(14)3/h4-7,14H,8-10H2,1-3H3. The first-order valence-electron chi connectivity index (χ1n) is 6.57. The van der Waals surface area contributed by atoms with E-state index >= 15 is 0 Å². The molecule has 0 radical (unpaired) electrons. The van der Waals surface area contributed by atoms with Crippen LogP contribution in [0.2, 0.25) is 0 Å². The van der Waals surface area contributed by atoms with Crippen molar-refractivity contribution in [3.63, 3.8) is 0 Å². The number of carbonyl (C=O) groups is 2. The van der Waals surface area contributed by atoms with Crippen LogP contribution in [0.15, 0.2) is 24.3 Å². The van der Waals surface area contributed by atoms with Gasteiger partial charge in [-0.1, -0.05) is 29.8 Å². The van der Waals surface area contributed by atoms with E-state index in [4.69, 9.17) is 0 Å². The summed E-state index contributed by atoms with van der Waals surface area (Å²) in [7, 11) is 1.82. The van der Waals surface area contributed by atoms with Gasteiger partial charge >= 0.3 is 6.03 Å². The van der Waals surface area contributed by atoms with Crippen LogP contribution in [0, 0.1) is 6.92 Å². The number of carbonyl (C=O) groups excluding carboxylic acids is 2. The van der Waals surface area contributed by atoms with Gasteiger partial charge in [-0.25, -0.2) is 4.79 Å². The molecular formula is C15H20N2O2. The van der Waals surface area contributed by atoms with Gasteiger partial charge in [0.1, 0.15) is 5.78 Å². The van der Waals surface area contributed by atoms with Crippen molar-refractivity contribution in [1.29, 1.82) is 0 Å². The summed E-state index contributed by atoms with van der Waals surface area (Å²) in [5, 5.41) is 0. The van der Waals surface area contributed by atoms with E-state index in [9.17, 15) is 9.59 Å². The quantitative estimate of drug-likeness (QED) is 0.834. The van der Waals surface area contributed by atoms with Gasteiger partial charge < -0.3 is 9.80 Å². The topological polar surface area (TPSA) is 40.6 Å². The number of likely N-dealkylation sites (N-methyl/N-ethyl adjacent to an activating group) is 1. The molecule has 1 aliphatic rings. The summed E-state index contributed by atoms with van der Waals surface area (Å²) in [6.07, 6.45) is 0.431. The van der Waals surface area contributed by atoms with Crippen molar-refractivity contribution in [1.82, 2.24) is 9.80 Å². The number of rotatable bonds is 4. The first kappa shape index (κ1) is 13.6. The number of Topliss-reactive ketones (excluding diaryl/α,β-unsaturated/α-hetero) is 1. The molecular weight excluding hydrogens is 240 g/mol. The van der Waals surface area contributed by atoms with Crippen LogP contribution >= 0.6 is 0 Å². The van der Waals surface area contributed by atoms with Crippen LogP contribution in [0.25, 0.3) is 0 Å². The zero-order valence-corrected chi connectivity index (χ0v) is 11.7. The molecule has 1 aliphatic heterocycles. The summed E-state index contributed by atoms with van der Waals surface area (Å²) in [5.74, 6) is 0.120. The molecule has 0 aliphatic carbocycles. The van der Waals surface area contributed by atoms with E-state index in [1.54, 1.807) is 16.7 Å². The minimum Gasteiger partial charge on any atom is -0.322 e. The van der Waals surface area contributed by atoms with Crippen molar-refractivity contribution in [3.8, 4) is 0 Å². The van der Waals surface area contributed by atoms with Gasteiger partial charge in [0.2, 0.25) is 0 Å². The lowest BCUT2D eigenvalue weighted by atomic mass is 10.1. The lowest BCUT2D eigenvalue weighted by Gasteiger charge is -2.18. The van der Waals surface area contributed by atoms with Gasteiger partial charge in [0, 0.05) is 26.6 Å². The van der Waals surface area contributed by atoms with Crippen molar-refractivity contribution >= 4 is 11.8 Å². The van der Waals surface area contributed by atoms with Gasteiger partial charge in [0.15, 0.2) is 0 Å². The maximum Gasteiger partial charge on any atom is 0.320 e. The van der Waals surface area contributed by atoms with Crippen LogP contribution in [0.3, 0.4) is 0 Å². The summed E-state index contributed by atoms with van der Waals surface area (Å²) in [6, 6.07) is 8.35. The number of amides is 2. The second kappa shape index (κ2) is 5.43. The van der Waals surface area contributed by atoms with Crippen LogP contribution < -0.4 is 0 Å². The number of ketones is 1. The average molecular weight is 260 g/mol. The number of hydrogen-bond acceptors (Lipinski definition) is 2. The Hall–Kier alpha value is -1.84. The Kier molecular flexibility index (Phi) is 3.88. The summed E-state index contributed by atoms with van der Waals surface area (Å²) >= 11 is 0. The number of benzene rings is 1. The molecule has 1 unspecified atom stereocenters. The highest BCUT2D eigenvalue weighted by atomic mass is 16.2. The molecule has 0 bridgehead atoms. The minimum atomic E-state index is 0.00632. The van der Waals surface area contributed by atoms with Crippen molar-refractivity contribution < 1.29 is 9.59 Å². The molecule has 0 spiro atoms. The van der Waals surface area contributed by atoms with E-state index in [0.717, 1.165) is 5.56 Å². The Labute approximate surface area is 114 Å². The van der Waals surface area contributed by atoms with E-state index in [1.807, 2.05) is 14.0 Å². The monoisotopic (exact) mass is 260 g/mol.